The molecule has 0 amide bonds. The van der Waals surface area contributed by atoms with Crippen LogP contribution in [0.15, 0.2) is 41.8 Å². The first kappa shape index (κ1) is 13.1. The van der Waals surface area contributed by atoms with Gasteiger partial charge in [0.2, 0.25) is 0 Å². The van der Waals surface area contributed by atoms with E-state index in [1.165, 1.54) is 0 Å². The number of carboxylic acid groups (broad SMARTS) is 1. The van der Waals surface area contributed by atoms with E-state index in [0.717, 1.165) is 4.88 Å². The van der Waals surface area contributed by atoms with Crippen molar-refractivity contribution < 1.29 is 14.6 Å². The van der Waals surface area contributed by atoms with E-state index in [1.807, 2.05) is 41.8 Å². The maximum atomic E-state index is 11.9. The van der Waals surface area contributed by atoms with Crippen LogP contribution in [0.25, 0.3) is 0 Å². The molecule has 104 valence electrons. The van der Waals surface area contributed by atoms with E-state index in [0.29, 0.717) is 30.9 Å². The topological polar surface area (TPSA) is 58.6 Å². The minimum atomic E-state index is -1.07. The van der Waals surface area contributed by atoms with Crippen LogP contribution in [0.4, 0.5) is 0 Å². The molecule has 0 saturated heterocycles. The largest absolute Gasteiger partial charge is 0.493 e. The summed E-state index contributed by atoms with van der Waals surface area (Å²) < 4.78 is 5.57. The fourth-order valence-corrected chi connectivity index (χ4v) is 3.17. The van der Waals surface area contributed by atoms with Crippen LogP contribution in [0.3, 0.4) is 0 Å². The number of ether oxygens (including phenoxy) is 1. The molecule has 5 heteroatoms. The summed E-state index contributed by atoms with van der Waals surface area (Å²) >= 11 is 1.62. The summed E-state index contributed by atoms with van der Waals surface area (Å²) in [6, 6.07) is 11.3. The summed E-state index contributed by atoms with van der Waals surface area (Å²) in [5, 5.41) is 15.0. The molecule has 0 aliphatic carbocycles. The monoisotopic (exact) mass is 289 g/mol. The highest BCUT2D eigenvalue weighted by Crippen LogP contribution is 2.37. The SMILES string of the molecule is O=C(O)C1(NCc2cccs2)CCOc2ccccc21. The molecule has 1 aliphatic rings. The Bertz CT molecular complexity index is 611. The number of hydrogen-bond donors (Lipinski definition) is 2. The van der Waals surface area contributed by atoms with Crippen molar-refractivity contribution in [2.75, 3.05) is 6.61 Å². The van der Waals surface area contributed by atoms with Crippen LogP contribution in [-0.2, 0) is 16.9 Å². The number of para-hydroxylation sites is 1. The van der Waals surface area contributed by atoms with E-state index in [-0.39, 0.29) is 0 Å². The van der Waals surface area contributed by atoms with Crippen molar-refractivity contribution in [3.63, 3.8) is 0 Å². The molecular formula is C15H15NO3S. The van der Waals surface area contributed by atoms with Crippen molar-refractivity contribution in [1.29, 1.82) is 0 Å². The average Bonchev–Trinajstić information content (AvgIpc) is 2.98. The van der Waals surface area contributed by atoms with Crippen molar-refractivity contribution in [3.8, 4) is 5.75 Å². The highest BCUT2D eigenvalue weighted by molar-refractivity contribution is 7.09. The molecule has 3 rings (SSSR count). The first-order chi connectivity index (χ1) is 9.72. The number of fused-ring (bicyclic) bond motifs is 1. The van der Waals surface area contributed by atoms with Gasteiger partial charge in [-0.15, -0.1) is 11.3 Å². The van der Waals surface area contributed by atoms with Crippen LogP contribution in [0.1, 0.15) is 16.9 Å². The predicted molar refractivity (Wildman–Crippen MR) is 77.0 cm³/mol. The van der Waals surface area contributed by atoms with Gasteiger partial charge in [-0.3, -0.25) is 5.32 Å². The van der Waals surface area contributed by atoms with Crippen molar-refractivity contribution >= 4 is 17.3 Å². The predicted octanol–water partition coefficient (Wildman–Crippen LogP) is 2.60. The lowest BCUT2D eigenvalue weighted by atomic mass is 9.84. The lowest BCUT2D eigenvalue weighted by molar-refractivity contribution is -0.147. The standard InChI is InChI=1S/C15H15NO3S/c17-14(18)15(16-10-11-4-3-9-20-11)7-8-19-13-6-2-1-5-12(13)15/h1-6,9,16H,7-8,10H2,(H,17,18). The molecule has 0 fully saturated rings. The van der Waals surface area contributed by atoms with Crippen LogP contribution in [-0.4, -0.2) is 17.7 Å². The van der Waals surface area contributed by atoms with Gasteiger partial charge in [0.1, 0.15) is 11.3 Å². The zero-order chi connectivity index (χ0) is 14.0. The van der Waals surface area contributed by atoms with Gasteiger partial charge >= 0.3 is 5.97 Å². The molecule has 1 atom stereocenters. The van der Waals surface area contributed by atoms with Crippen LogP contribution < -0.4 is 10.1 Å². The van der Waals surface area contributed by atoms with E-state index in [4.69, 9.17) is 4.74 Å². The number of aliphatic carboxylic acids is 1. The summed E-state index contributed by atoms with van der Waals surface area (Å²) in [5.41, 5.74) is -0.367. The fraction of sp³-hybridized carbons (Fsp3) is 0.267. The second kappa shape index (κ2) is 5.26. The fourth-order valence-electron chi connectivity index (χ4n) is 2.53. The van der Waals surface area contributed by atoms with Crippen molar-refractivity contribution in [3.05, 3.63) is 52.2 Å². The molecule has 1 aliphatic heterocycles. The Morgan fingerprint density at radius 2 is 2.20 bits per heavy atom. The Kier molecular flexibility index (Phi) is 3.46. The molecule has 0 radical (unpaired) electrons. The molecular weight excluding hydrogens is 274 g/mol. The van der Waals surface area contributed by atoms with Gasteiger partial charge in [0.05, 0.1) is 6.61 Å². The molecule has 20 heavy (non-hydrogen) atoms. The van der Waals surface area contributed by atoms with Gasteiger partial charge in [0, 0.05) is 23.4 Å². The highest BCUT2D eigenvalue weighted by atomic mass is 32.1. The Hall–Kier alpha value is -1.85. The van der Waals surface area contributed by atoms with Crippen molar-refractivity contribution in [2.45, 2.75) is 18.5 Å². The van der Waals surface area contributed by atoms with Gasteiger partial charge in [-0.2, -0.15) is 0 Å². The molecule has 0 saturated carbocycles. The van der Waals surface area contributed by atoms with Gasteiger partial charge in [-0.25, -0.2) is 4.79 Å². The first-order valence-electron chi connectivity index (χ1n) is 6.45. The van der Waals surface area contributed by atoms with Gasteiger partial charge in [-0.1, -0.05) is 24.3 Å². The summed E-state index contributed by atoms with van der Waals surface area (Å²) in [6.45, 7) is 0.944. The average molecular weight is 289 g/mol. The summed E-state index contributed by atoms with van der Waals surface area (Å²) in [6.07, 6.45) is 0.421. The molecule has 0 bridgehead atoms. The highest BCUT2D eigenvalue weighted by Gasteiger charge is 2.44. The molecule has 0 spiro atoms. The van der Waals surface area contributed by atoms with E-state index >= 15 is 0 Å². The minimum Gasteiger partial charge on any atom is -0.493 e. The number of carbonyl (C=O) groups is 1. The number of carboxylic acids is 1. The molecule has 2 N–H and O–H groups in total. The number of thiophene rings is 1. The Morgan fingerprint density at radius 1 is 1.35 bits per heavy atom. The van der Waals surface area contributed by atoms with Gasteiger partial charge in [-0.05, 0) is 17.5 Å². The third-order valence-electron chi connectivity index (χ3n) is 3.59. The van der Waals surface area contributed by atoms with E-state index in [1.54, 1.807) is 11.3 Å². The van der Waals surface area contributed by atoms with Gasteiger partial charge in [0.25, 0.3) is 0 Å². The minimum absolute atomic E-state index is 0.404. The lowest BCUT2D eigenvalue weighted by Crippen LogP contribution is -2.51. The lowest BCUT2D eigenvalue weighted by Gasteiger charge is -2.36. The number of hydrogen-bond acceptors (Lipinski definition) is 4. The van der Waals surface area contributed by atoms with Crippen molar-refractivity contribution in [1.82, 2.24) is 5.32 Å². The van der Waals surface area contributed by atoms with E-state index < -0.39 is 11.5 Å². The van der Waals surface area contributed by atoms with Crippen LogP contribution in [0.2, 0.25) is 0 Å². The third-order valence-corrected chi connectivity index (χ3v) is 4.47. The Balaban J connectivity index is 1.95. The molecule has 1 unspecified atom stereocenters. The Labute approximate surface area is 121 Å². The maximum Gasteiger partial charge on any atom is 0.328 e. The smallest absolute Gasteiger partial charge is 0.328 e. The molecule has 4 nitrogen and oxygen atoms in total. The number of nitrogens with one attached hydrogen (secondary N) is 1. The van der Waals surface area contributed by atoms with E-state index in [2.05, 4.69) is 5.32 Å². The molecule has 1 aromatic heterocycles. The summed E-state index contributed by atoms with van der Waals surface area (Å²) in [5.74, 6) is -0.204. The van der Waals surface area contributed by atoms with Gasteiger partial charge in [0.15, 0.2) is 0 Å². The molecule has 1 aromatic carbocycles. The normalized spacial score (nSPS) is 21.0. The quantitative estimate of drug-likeness (QED) is 0.908. The number of benzene rings is 1. The van der Waals surface area contributed by atoms with Crippen molar-refractivity contribution in [2.24, 2.45) is 0 Å². The third kappa shape index (κ3) is 2.19. The summed E-state index contributed by atoms with van der Waals surface area (Å²) in [7, 11) is 0. The van der Waals surface area contributed by atoms with E-state index in [9.17, 15) is 9.90 Å². The number of rotatable bonds is 4. The molecule has 2 aromatic rings. The second-order valence-corrected chi connectivity index (χ2v) is 5.77. The zero-order valence-electron chi connectivity index (χ0n) is 10.8. The maximum absolute atomic E-state index is 11.9. The van der Waals surface area contributed by atoms with Gasteiger partial charge < -0.3 is 9.84 Å². The van der Waals surface area contributed by atoms with Crippen LogP contribution in [0, 0.1) is 0 Å². The Morgan fingerprint density at radius 3 is 2.95 bits per heavy atom. The second-order valence-electron chi connectivity index (χ2n) is 4.74. The zero-order valence-corrected chi connectivity index (χ0v) is 11.7. The molecule has 2 heterocycles. The summed E-state index contributed by atoms with van der Waals surface area (Å²) in [4.78, 5) is 13.0. The van der Waals surface area contributed by atoms with Crippen LogP contribution in [0.5, 0.6) is 5.75 Å². The van der Waals surface area contributed by atoms with Crippen LogP contribution >= 0.6 is 11.3 Å². The first-order valence-corrected chi connectivity index (χ1v) is 7.33.